The number of hydrogen-bond acceptors (Lipinski definition) is 4. The lowest BCUT2D eigenvalue weighted by Gasteiger charge is -2.24. The summed E-state index contributed by atoms with van der Waals surface area (Å²) in [6, 6.07) is 9.57. The van der Waals surface area contributed by atoms with Gasteiger partial charge in [-0.05, 0) is 31.6 Å². The van der Waals surface area contributed by atoms with Gasteiger partial charge in [-0.2, -0.15) is 5.10 Å². The fraction of sp³-hybridized carbons (Fsp3) is 0.357. The third-order valence-electron chi connectivity index (χ3n) is 2.60. The summed E-state index contributed by atoms with van der Waals surface area (Å²) in [7, 11) is 1.70. The second kappa shape index (κ2) is 7.58. The summed E-state index contributed by atoms with van der Waals surface area (Å²) in [6.07, 6.45) is -0.426. The van der Waals surface area contributed by atoms with Crippen LogP contribution in [0, 0.1) is 0 Å². The largest absolute Gasteiger partial charge is 0.443 e. The van der Waals surface area contributed by atoms with E-state index in [1.807, 2.05) is 30.3 Å². The Bertz CT molecular complexity index is 529. The second-order valence-electron chi connectivity index (χ2n) is 4.97. The van der Waals surface area contributed by atoms with E-state index in [9.17, 15) is 4.79 Å². The lowest BCUT2D eigenvalue weighted by molar-refractivity contribution is 0.0513. The van der Waals surface area contributed by atoms with Gasteiger partial charge in [0, 0.05) is 13.5 Å². The van der Waals surface area contributed by atoms with Crippen molar-refractivity contribution in [3.63, 3.8) is 0 Å². The quantitative estimate of drug-likeness (QED) is 0.438. The number of carbonyl (C=O) groups excluding carboxylic acids is 1. The summed E-state index contributed by atoms with van der Waals surface area (Å²) >= 11 is 5.00. The van der Waals surface area contributed by atoms with Crippen molar-refractivity contribution in [2.24, 2.45) is 10.8 Å². The number of carbonyl (C=O) groups is 1. The first-order valence-corrected chi connectivity index (χ1v) is 6.83. The van der Waals surface area contributed by atoms with Crippen molar-refractivity contribution in [2.75, 3.05) is 7.05 Å². The average molecular weight is 308 g/mol. The van der Waals surface area contributed by atoms with E-state index in [0.29, 0.717) is 17.2 Å². The first kappa shape index (κ1) is 16.9. The van der Waals surface area contributed by atoms with Gasteiger partial charge in [0.25, 0.3) is 0 Å². The molecule has 0 saturated carbocycles. The van der Waals surface area contributed by atoms with Gasteiger partial charge in [0.1, 0.15) is 5.60 Å². The van der Waals surface area contributed by atoms with E-state index in [4.69, 9.17) is 22.7 Å². The van der Waals surface area contributed by atoms with Gasteiger partial charge in [0.15, 0.2) is 5.11 Å². The summed E-state index contributed by atoms with van der Waals surface area (Å²) in [5.74, 6) is 0. The molecule has 1 aromatic carbocycles. The Morgan fingerprint density at radius 2 is 2.00 bits per heavy atom. The van der Waals surface area contributed by atoms with E-state index in [1.54, 1.807) is 20.9 Å². The number of rotatable bonds is 5. The summed E-state index contributed by atoms with van der Waals surface area (Å²) in [4.78, 5) is 11.0. The molecule has 0 aromatic heterocycles. The van der Waals surface area contributed by atoms with Crippen molar-refractivity contribution in [2.45, 2.75) is 25.9 Å². The predicted molar refractivity (Wildman–Crippen MR) is 87.1 cm³/mol. The average Bonchev–Trinajstić information content (AvgIpc) is 2.42. The van der Waals surface area contributed by atoms with Gasteiger partial charge < -0.3 is 15.8 Å². The molecule has 0 atom stereocenters. The Morgan fingerprint density at radius 1 is 1.38 bits per heavy atom. The molecular weight excluding hydrogens is 288 g/mol. The van der Waals surface area contributed by atoms with Crippen LogP contribution in [-0.2, 0) is 4.74 Å². The second-order valence-corrected chi connectivity index (χ2v) is 5.38. The minimum Gasteiger partial charge on any atom is -0.443 e. The third kappa shape index (κ3) is 6.22. The van der Waals surface area contributed by atoms with Gasteiger partial charge in [-0.15, -0.1) is 0 Å². The molecule has 0 heterocycles. The highest BCUT2D eigenvalue weighted by molar-refractivity contribution is 7.80. The monoisotopic (exact) mass is 308 g/mol. The minimum atomic E-state index is -0.814. The summed E-state index contributed by atoms with van der Waals surface area (Å²) in [5.41, 5.74) is 8.67. The third-order valence-corrected chi connectivity index (χ3v) is 2.89. The molecule has 0 bridgehead atoms. The highest BCUT2D eigenvalue weighted by atomic mass is 32.1. The number of primary amides is 1. The molecule has 7 heteroatoms. The topological polar surface area (TPSA) is 88.7 Å². The number of hydrazone groups is 1. The summed E-state index contributed by atoms with van der Waals surface area (Å²) < 4.78 is 5.10. The van der Waals surface area contributed by atoms with Crippen LogP contribution >= 0.6 is 12.2 Å². The Labute approximate surface area is 129 Å². The molecule has 1 rings (SSSR count). The van der Waals surface area contributed by atoms with Gasteiger partial charge in [-0.25, -0.2) is 4.79 Å². The minimum absolute atomic E-state index is 0.388. The molecule has 114 valence electrons. The number of thiocarbonyl (C=S) groups is 1. The van der Waals surface area contributed by atoms with Crippen LogP contribution in [0.4, 0.5) is 4.79 Å². The van der Waals surface area contributed by atoms with Crippen molar-refractivity contribution in [3.8, 4) is 0 Å². The molecule has 1 aromatic rings. The highest BCUT2D eigenvalue weighted by Gasteiger charge is 2.25. The molecule has 0 spiro atoms. The first-order valence-electron chi connectivity index (χ1n) is 6.42. The van der Waals surface area contributed by atoms with Gasteiger partial charge >= 0.3 is 6.09 Å². The van der Waals surface area contributed by atoms with Crippen LogP contribution in [0.2, 0.25) is 0 Å². The zero-order valence-corrected chi connectivity index (χ0v) is 13.2. The molecule has 1 amide bonds. The molecule has 6 nitrogen and oxygen atoms in total. The van der Waals surface area contributed by atoms with Crippen LogP contribution in [0.3, 0.4) is 0 Å². The normalized spacial score (nSPS) is 11.7. The SMILES string of the molecule is CNC(=S)NN=C(CC(C)(C)OC(N)=O)c1ccccc1. The maximum Gasteiger partial charge on any atom is 0.405 e. The number of hydrogen-bond donors (Lipinski definition) is 3. The van der Waals surface area contributed by atoms with Crippen LogP contribution in [-0.4, -0.2) is 29.6 Å². The number of nitrogens with one attached hydrogen (secondary N) is 2. The number of nitrogens with two attached hydrogens (primary N) is 1. The molecule has 0 aliphatic rings. The maximum absolute atomic E-state index is 11.0. The van der Waals surface area contributed by atoms with E-state index in [2.05, 4.69) is 15.8 Å². The van der Waals surface area contributed by atoms with Crippen molar-refractivity contribution in [1.29, 1.82) is 0 Å². The molecule has 0 aliphatic heterocycles. The number of nitrogens with zero attached hydrogens (tertiary/aromatic N) is 1. The van der Waals surface area contributed by atoms with Crippen molar-refractivity contribution in [1.82, 2.24) is 10.7 Å². The molecule has 0 unspecified atom stereocenters. The summed E-state index contributed by atoms with van der Waals surface area (Å²) in [5, 5.41) is 7.46. The maximum atomic E-state index is 11.0. The predicted octanol–water partition coefficient (Wildman–Crippen LogP) is 1.75. The fourth-order valence-corrected chi connectivity index (χ4v) is 1.77. The summed E-state index contributed by atoms with van der Waals surface area (Å²) in [6.45, 7) is 3.54. The van der Waals surface area contributed by atoms with E-state index in [1.165, 1.54) is 0 Å². The van der Waals surface area contributed by atoms with E-state index < -0.39 is 11.7 Å². The van der Waals surface area contributed by atoms with Crippen LogP contribution in [0.15, 0.2) is 35.4 Å². The van der Waals surface area contributed by atoms with Crippen LogP contribution in [0.25, 0.3) is 0 Å². The lowest BCUT2D eigenvalue weighted by Crippen LogP contribution is -2.35. The molecule has 0 aliphatic carbocycles. The fourth-order valence-electron chi connectivity index (χ4n) is 1.72. The van der Waals surface area contributed by atoms with E-state index in [0.717, 1.165) is 5.56 Å². The van der Waals surface area contributed by atoms with Crippen LogP contribution in [0.1, 0.15) is 25.8 Å². The molecule has 0 fully saturated rings. The van der Waals surface area contributed by atoms with E-state index >= 15 is 0 Å². The Morgan fingerprint density at radius 3 is 2.52 bits per heavy atom. The highest BCUT2D eigenvalue weighted by Crippen LogP contribution is 2.18. The lowest BCUT2D eigenvalue weighted by atomic mass is 9.96. The first-order chi connectivity index (χ1) is 9.84. The number of benzene rings is 1. The van der Waals surface area contributed by atoms with E-state index in [-0.39, 0.29) is 0 Å². The standard InChI is InChI=1S/C14H20N4O2S/c1-14(2,20-12(15)19)9-11(17-18-13(21)16-3)10-7-5-4-6-8-10/h4-8H,9H2,1-3H3,(H2,15,19)(H2,16,18,21). The van der Waals surface area contributed by atoms with Crippen molar-refractivity contribution in [3.05, 3.63) is 35.9 Å². The van der Waals surface area contributed by atoms with Crippen LogP contribution < -0.4 is 16.5 Å². The van der Waals surface area contributed by atoms with Gasteiger partial charge in [-0.1, -0.05) is 30.3 Å². The smallest absolute Gasteiger partial charge is 0.405 e. The molecule has 4 N–H and O–H groups in total. The Kier molecular flexibility index (Phi) is 6.10. The van der Waals surface area contributed by atoms with Gasteiger partial charge in [0.2, 0.25) is 0 Å². The molecule has 21 heavy (non-hydrogen) atoms. The van der Waals surface area contributed by atoms with Crippen molar-refractivity contribution < 1.29 is 9.53 Å². The molecule has 0 saturated heterocycles. The van der Waals surface area contributed by atoms with Gasteiger partial charge in [-0.3, -0.25) is 5.43 Å². The zero-order chi connectivity index (χ0) is 15.9. The van der Waals surface area contributed by atoms with Gasteiger partial charge in [0.05, 0.1) is 5.71 Å². The number of ether oxygens (including phenoxy) is 1. The molecular formula is C14H20N4O2S. The Hall–Kier alpha value is -2.15. The Balaban J connectivity index is 2.97. The zero-order valence-electron chi connectivity index (χ0n) is 12.3. The molecule has 0 radical (unpaired) electrons. The van der Waals surface area contributed by atoms with Crippen LogP contribution in [0.5, 0.6) is 0 Å². The number of amides is 1. The van der Waals surface area contributed by atoms with Crippen molar-refractivity contribution >= 4 is 29.1 Å².